The second-order valence-corrected chi connectivity index (χ2v) is 5.84. The standard InChI is InChI=1S/C12H17IN4O2/c13-10-5-15-8-16-12(10)17-3-1-2-9(7-17)4-14-6-11(18)19/h5,8-9,14H,1-4,6-7H2,(H,18,19). The van der Waals surface area contributed by atoms with Gasteiger partial charge in [0.2, 0.25) is 0 Å². The van der Waals surface area contributed by atoms with E-state index in [1.54, 1.807) is 6.33 Å². The van der Waals surface area contributed by atoms with Crippen molar-refractivity contribution in [3.8, 4) is 0 Å². The van der Waals surface area contributed by atoms with E-state index in [2.05, 4.69) is 42.8 Å². The van der Waals surface area contributed by atoms with E-state index in [1.165, 1.54) is 0 Å². The Hall–Kier alpha value is -0.960. The Balaban J connectivity index is 1.90. The molecule has 1 aromatic heterocycles. The van der Waals surface area contributed by atoms with Gasteiger partial charge < -0.3 is 15.3 Å². The summed E-state index contributed by atoms with van der Waals surface area (Å²) in [5.74, 6) is 0.649. The summed E-state index contributed by atoms with van der Waals surface area (Å²) in [7, 11) is 0. The molecule has 0 saturated carbocycles. The number of piperidine rings is 1. The van der Waals surface area contributed by atoms with Gasteiger partial charge >= 0.3 is 5.97 Å². The highest BCUT2D eigenvalue weighted by Crippen LogP contribution is 2.24. The number of nitrogens with zero attached hydrogens (tertiary/aromatic N) is 3. The van der Waals surface area contributed by atoms with Crippen molar-refractivity contribution in [2.45, 2.75) is 12.8 Å². The largest absolute Gasteiger partial charge is 0.480 e. The molecule has 1 atom stereocenters. The lowest BCUT2D eigenvalue weighted by atomic mass is 9.98. The number of rotatable bonds is 5. The van der Waals surface area contributed by atoms with E-state index in [0.29, 0.717) is 5.92 Å². The van der Waals surface area contributed by atoms with Crippen LogP contribution in [0.25, 0.3) is 0 Å². The summed E-state index contributed by atoms with van der Waals surface area (Å²) in [5.41, 5.74) is 0. The average molecular weight is 376 g/mol. The third kappa shape index (κ3) is 4.27. The number of carbonyl (C=O) groups is 1. The molecule has 0 aliphatic carbocycles. The monoisotopic (exact) mass is 376 g/mol. The van der Waals surface area contributed by atoms with Crippen LogP contribution in [0.1, 0.15) is 12.8 Å². The van der Waals surface area contributed by atoms with Crippen molar-refractivity contribution in [3.05, 3.63) is 16.1 Å². The number of carboxylic acids is 1. The van der Waals surface area contributed by atoms with Gasteiger partial charge in [-0.05, 0) is 41.4 Å². The Morgan fingerprint density at radius 3 is 3.21 bits per heavy atom. The second-order valence-electron chi connectivity index (χ2n) is 4.67. The lowest BCUT2D eigenvalue weighted by molar-refractivity contribution is -0.136. The number of hydrogen-bond donors (Lipinski definition) is 2. The van der Waals surface area contributed by atoms with Crippen LogP contribution in [0.2, 0.25) is 0 Å². The number of nitrogens with one attached hydrogen (secondary N) is 1. The number of aromatic nitrogens is 2. The number of anilines is 1. The molecule has 0 aromatic carbocycles. The van der Waals surface area contributed by atoms with Crippen molar-refractivity contribution in [1.82, 2.24) is 15.3 Å². The molecule has 0 radical (unpaired) electrons. The first-order valence-electron chi connectivity index (χ1n) is 6.30. The molecule has 6 nitrogen and oxygen atoms in total. The van der Waals surface area contributed by atoms with Gasteiger partial charge in [-0.15, -0.1) is 0 Å². The van der Waals surface area contributed by atoms with Crippen LogP contribution in [-0.4, -0.2) is 47.2 Å². The lowest BCUT2D eigenvalue weighted by Crippen LogP contribution is -2.41. The molecule has 1 aliphatic heterocycles. The van der Waals surface area contributed by atoms with Gasteiger partial charge in [-0.2, -0.15) is 0 Å². The van der Waals surface area contributed by atoms with Gasteiger partial charge in [0.1, 0.15) is 12.1 Å². The summed E-state index contributed by atoms with van der Waals surface area (Å²) >= 11 is 2.25. The van der Waals surface area contributed by atoms with Crippen LogP contribution in [-0.2, 0) is 4.79 Å². The fourth-order valence-corrected chi connectivity index (χ4v) is 2.99. The van der Waals surface area contributed by atoms with Gasteiger partial charge in [0.25, 0.3) is 0 Å². The first-order chi connectivity index (χ1) is 9.16. The molecular formula is C12H17IN4O2. The summed E-state index contributed by atoms with van der Waals surface area (Å²) in [6.45, 7) is 2.69. The van der Waals surface area contributed by atoms with Crippen molar-refractivity contribution in [2.24, 2.45) is 5.92 Å². The van der Waals surface area contributed by atoms with Crippen LogP contribution < -0.4 is 10.2 Å². The summed E-state index contributed by atoms with van der Waals surface area (Å²) in [4.78, 5) is 21.1. The van der Waals surface area contributed by atoms with E-state index in [9.17, 15) is 4.79 Å². The molecule has 1 aliphatic rings. The first kappa shape index (κ1) is 14.4. The van der Waals surface area contributed by atoms with Crippen molar-refractivity contribution < 1.29 is 9.90 Å². The second kappa shape index (κ2) is 6.99. The van der Waals surface area contributed by atoms with E-state index in [0.717, 1.165) is 41.9 Å². The zero-order valence-corrected chi connectivity index (χ0v) is 12.7. The quantitative estimate of drug-likeness (QED) is 0.746. The summed E-state index contributed by atoms with van der Waals surface area (Å²) < 4.78 is 1.05. The van der Waals surface area contributed by atoms with Crippen molar-refractivity contribution in [3.63, 3.8) is 0 Å². The minimum atomic E-state index is -0.807. The molecule has 0 amide bonds. The molecule has 2 N–H and O–H groups in total. The third-order valence-corrected chi connectivity index (χ3v) is 3.94. The smallest absolute Gasteiger partial charge is 0.317 e. The Morgan fingerprint density at radius 1 is 1.63 bits per heavy atom. The zero-order chi connectivity index (χ0) is 13.7. The van der Waals surface area contributed by atoms with E-state index in [-0.39, 0.29) is 6.54 Å². The highest BCUT2D eigenvalue weighted by molar-refractivity contribution is 14.1. The molecule has 2 rings (SSSR count). The zero-order valence-electron chi connectivity index (χ0n) is 10.5. The van der Waals surface area contributed by atoms with Crippen LogP contribution in [0.4, 0.5) is 5.82 Å². The summed E-state index contributed by atoms with van der Waals surface area (Å²) in [6.07, 6.45) is 5.63. The molecular weight excluding hydrogens is 359 g/mol. The maximum atomic E-state index is 10.5. The van der Waals surface area contributed by atoms with Crippen molar-refractivity contribution in [2.75, 3.05) is 31.1 Å². The maximum absolute atomic E-state index is 10.5. The van der Waals surface area contributed by atoms with E-state index in [4.69, 9.17) is 5.11 Å². The summed E-state index contributed by atoms with van der Waals surface area (Å²) in [6, 6.07) is 0. The van der Waals surface area contributed by atoms with Crippen LogP contribution in [0, 0.1) is 9.49 Å². The van der Waals surface area contributed by atoms with Crippen molar-refractivity contribution >= 4 is 34.4 Å². The van der Waals surface area contributed by atoms with Gasteiger partial charge in [-0.1, -0.05) is 0 Å². The molecule has 0 spiro atoms. The molecule has 19 heavy (non-hydrogen) atoms. The lowest BCUT2D eigenvalue weighted by Gasteiger charge is -2.34. The summed E-state index contributed by atoms with van der Waals surface area (Å²) in [5, 5.41) is 11.6. The minimum Gasteiger partial charge on any atom is -0.480 e. The van der Waals surface area contributed by atoms with Crippen LogP contribution >= 0.6 is 22.6 Å². The topological polar surface area (TPSA) is 78.4 Å². The molecule has 1 aromatic rings. The maximum Gasteiger partial charge on any atom is 0.317 e. The predicted molar refractivity (Wildman–Crippen MR) is 80.2 cm³/mol. The number of hydrogen-bond acceptors (Lipinski definition) is 5. The van der Waals surface area contributed by atoms with Crippen molar-refractivity contribution in [1.29, 1.82) is 0 Å². The van der Waals surface area contributed by atoms with Gasteiger partial charge in [0.15, 0.2) is 0 Å². The molecule has 1 fully saturated rings. The molecule has 0 bridgehead atoms. The highest BCUT2D eigenvalue weighted by Gasteiger charge is 2.22. The number of halogens is 1. The molecule has 1 unspecified atom stereocenters. The van der Waals surface area contributed by atoms with Gasteiger partial charge in [-0.3, -0.25) is 4.79 Å². The predicted octanol–water partition coefficient (Wildman–Crippen LogP) is 0.972. The average Bonchev–Trinajstić information content (AvgIpc) is 2.39. The Morgan fingerprint density at radius 2 is 2.47 bits per heavy atom. The fourth-order valence-electron chi connectivity index (χ4n) is 2.35. The Labute approximate surface area is 125 Å². The molecule has 1 saturated heterocycles. The minimum absolute atomic E-state index is 0.0293. The first-order valence-corrected chi connectivity index (χ1v) is 7.37. The molecule has 7 heteroatoms. The van der Waals surface area contributed by atoms with Crippen LogP contribution in [0.3, 0.4) is 0 Å². The Kier molecular flexibility index (Phi) is 5.32. The van der Waals surface area contributed by atoms with Gasteiger partial charge in [0, 0.05) is 25.8 Å². The van der Waals surface area contributed by atoms with Gasteiger partial charge in [0.05, 0.1) is 10.1 Å². The fraction of sp³-hybridized carbons (Fsp3) is 0.583. The normalized spacial score (nSPS) is 19.4. The van der Waals surface area contributed by atoms with E-state index < -0.39 is 5.97 Å². The van der Waals surface area contributed by atoms with E-state index in [1.807, 2.05) is 6.20 Å². The number of aliphatic carboxylic acids is 1. The molecule has 2 heterocycles. The van der Waals surface area contributed by atoms with Crippen LogP contribution in [0.5, 0.6) is 0 Å². The Bertz CT molecular complexity index is 443. The molecule has 104 valence electrons. The SMILES string of the molecule is O=C(O)CNCC1CCCN(c2ncncc2I)C1. The van der Waals surface area contributed by atoms with Crippen LogP contribution in [0.15, 0.2) is 12.5 Å². The number of carboxylic acid groups (broad SMARTS) is 1. The highest BCUT2D eigenvalue weighted by atomic mass is 127. The van der Waals surface area contributed by atoms with E-state index >= 15 is 0 Å². The third-order valence-electron chi connectivity index (χ3n) is 3.18. The van der Waals surface area contributed by atoms with Gasteiger partial charge in [-0.25, -0.2) is 9.97 Å².